The number of phenolic OH excluding ortho intramolecular Hbond substituents is 2. The number of hydrogen-bond acceptors (Lipinski definition) is 15. The number of Topliss-reactive ketones (excluding diaryl/α,β-unsaturated/α-hetero) is 1. The molecule has 0 aromatic heterocycles. The van der Waals surface area contributed by atoms with Crippen LogP contribution >= 0.6 is 0 Å². The van der Waals surface area contributed by atoms with E-state index in [-0.39, 0.29) is 49.7 Å². The minimum Gasteiger partial charge on any atom is -0.507 e. The largest absolute Gasteiger partial charge is 0.507 e. The fourth-order valence-electron chi connectivity index (χ4n) is 11.8. The molecule has 1 spiro atoms. The van der Waals surface area contributed by atoms with Crippen molar-refractivity contribution in [1.29, 1.82) is 0 Å². The molecule has 17 heteroatoms. The van der Waals surface area contributed by atoms with Crippen LogP contribution in [0.25, 0.3) is 10.8 Å². The number of hydrogen-bond donors (Lipinski definition) is 5. The molecular weight excluding hydrogens is 909 g/mol. The zero-order valence-corrected chi connectivity index (χ0v) is 43.2. The van der Waals surface area contributed by atoms with E-state index in [4.69, 9.17) is 23.9 Å². The van der Waals surface area contributed by atoms with Crippen molar-refractivity contribution in [3.05, 3.63) is 58.0 Å². The number of nitrogens with one attached hydrogen (secondary N) is 1. The van der Waals surface area contributed by atoms with Crippen LogP contribution < -0.4 is 20.8 Å². The highest BCUT2D eigenvalue weighted by molar-refractivity contribution is 6.21. The number of benzene rings is 2. The number of likely N-dealkylation sites (tertiary alicyclic amines) is 3. The first-order valence-electron chi connectivity index (χ1n) is 25.8. The molecule has 0 unspecified atom stereocenters. The zero-order valence-electron chi connectivity index (χ0n) is 43.2. The lowest BCUT2D eigenvalue weighted by Crippen LogP contribution is -2.50. The molecule has 9 atom stereocenters. The molecule has 3 saturated heterocycles. The van der Waals surface area contributed by atoms with Crippen LogP contribution in [-0.2, 0) is 19.0 Å². The molecule has 388 valence electrons. The topological polar surface area (TPSA) is 216 Å². The molecule has 7 heterocycles. The first kappa shape index (κ1) is 52.3. The van der Waals surface area contributed by atoms with Crippen LogP contribution in [0.4, 0.5) is 10.5 Å². The number of methoxy groups -OCH3 is 1. The molecule has 5 N–H and O–H groups in total. The molecule has 0 saturated carbocycles. The number of aromatic hydroxyl groups is 2. The third-order valence-electron chi connectivity index (χ3n) is 16.2. The first-order valence-corrected chi connectivity index (χ1v) is 25.8. The number of allylic oxidation sites excluding steroid dienone is 2. The Kier molecular flexibility index (Phi) is 15.3. The fourth-order valence-corrected chi connectivity index (χ4v) is 11.8. The molecular formula is C54H76N6O11. The van der Waals surface area contributed by atoms with E-state index < -0.39 is 83.1 Å². The summed E-state index contributed by atoms with van der Waals surface area (Å²) in [6.45, 7) is 21.8. The molecule has 7 aliphatic heterocycles. The van der Waals surface area contributed by atoms with Crippen LogP contribution in [0.1, 0.15) is 110 Å². The SMILES string of the molecule is CO[C@H]1/C=C/O[C@@]2(C)Oc3c(C)c(O)c4c(O)c(c5c(c4c3C2=O)NC2(CCN(CC(C)C)CC2)N=5)=NC(=O)/C(C)=C\C=C\[C@H](C)[C@H](O)[C@@H](C)[C@@H](O)[C@@H](C)[C@H](OC(=O)N2CCC(N3CCCC3)CC2)[C@@H]1C. The van der Waals surface area contributed by atoms with Gasteiger partial charge in [0.05, 0.1) is 41.2 Å². The molecule has 5 bridgehead atoms. The van der Waals surface area contributed by atoms with Crippen molar-refractivity contribution < 1.29 is 53.8 Å². The van der Waals surface area contributed by atoms with Crippen molar-refractivity contribution in [2.75, 3.05) is 58.2 Å². The fraction of sp³-hybridized carbons (Fsp3) is 0.648. The highest BCUT2D eigenvalue weighted by atomic mass is 16.7. The summed E-state index contributed by atoms with van der Waals surface area (Å²) in [6.07, 6.45) is 8.70. The van der Waals surface area contributed by atoms with Gasteiger partial charge < -0.3 is 59.4 Å². The van der Waals surface area contributed by atoms with Gasteiger partial charge in [0.2, 0.25) is 0 Å². The quantitative estimate of drug-likeness (QED) is 0.221. The van der Waals surface area contributed by atoms with Crippen LogP contribution in [0.5, 0.6) is 17.2 Å². The van der Waals surface area contributed by atoms with Crippen molar-refractivity contribution in [2.45, 2.75) is 143 Å². The second-order valence-corrected chi connectivity index (χ2v) is 21.7. The van der Waals surface area contributed by atoms with Crippen LogP contribution in [0.2, 0.25) is 0 Å². The van der Waals surface area contributed by atoms with E-state index in [2.05, 4.69) is 34.0 Å². The van der Waals surface area contributed by atoms with Crippen LogP contribution in [0.15, 0.2) is 46.1 Å². The third kappa shape index (κ3) is 10.1. The summed E-state index contributed by atoms with van der Waals surface area (Å²) in [7, 11) is 1.51. The first-order chi connectivity index (χ1) is 33.7. The van der Waals surface area contributed by atoms with Gasteiger partial charge in [-0.05, 0) is 64.6 Å². The standard InChI is InChI=1S/C54H76N6O11/c1-29(2)28-58-25-19-54(20-26-58)56-41-38-39-46(63)35(8)49-40(38)50(65)53(9,71-49)69-27-18-37(68-10)32(5)48(70-52(67)60-23-16-36(17-24-60)59-21-11-12-22-59)34(7)45(62)33(6)44(61)30(3)14-13-15-31(4)51(66)55-43(47(39)64)42(41)57-54/h13-15,18,27,29-30,32-34,36-37,44-45,48,56,61-64H,11-12,16-17,19-26,28H2,1-10H3/b14-13+,27-18+,31-15-,55-43?/t30-,32+,33+,34+,37-,44-,45+,48+,53-/m0/s1. The van der Waals surface area contributed by atoms with Gasteiger partial charge in [-0.2, -0.15) is 0 Å². The van der Waals surface area contributed by atoms with Crippen molar-refractivity contribution >= 4 is 34.2 Å². The molecule has 3 fully saturated rings. The summed E-state index contributed by atoms with van der Waals surface area (Å²) in [5, 5.41) is 51.6. The summed E-state index contributed by atoms with van der Waals surface area (Å²) in [5.74, 6) is -6.09. The molecule has 17 nitrogen and oxygen atoms in total. The Balaban J connectivity index is 1.19. The van der Waals surface area contributed by atoms with E-state index in [1.807, 2.05) is 13.8 Å². The van der Waals surface area contributed by atoms with Crippen LogP contribution in [0, 0.1) is 36.5 Å². The van der Waals surface area contributed by atoms with E-state index >= 15 is 0 Å². The van der Waals surface area contributed by atoms with Gasteiger partial charge >= 0.3 is 11.9 Å². The second kappa shape index (κ2) is 20.8. The number of phenols is 2. The van der Waals surface area contributed by atoms with Crippen molar-refractivity contribution in [2.24, 2.45) is 39.6 Å². The minimum atomic E-state index is -1.97. The van der Waals surface area contributed by atoms with Gasteiger partial charge in [-0.1, -0.05) is 59.8 Å². The van der Waals surface area contributed by atoms with Crippen LogP contribution in [0.3, 0.4) is 0 Å². The molecule has 71 heavy (non-hydrogen) atoms. The average molecular weight is 985 g/mol. The van der Waals surface area contributed by atoms with Gasteiger partial charge in [0.15, 0.2) is 5.75 Å². The molecule has 2 aromatic rings. The predicted molar refractivity (Wildman–Crippen MR) is 268 cm³/mol. The lowest BCUT2D eigenvalue weighted by molar-refractivity contribution is -0.114. The average Bonchev–Trinajstić information content (AvgIpc) is 4.09. The van der Waals surface area contributed by atoms with Gasteiger partial charge in [-0.15, -0.1) is 0 Å². The predicted octanol–water partition coefficient (Wildman–Crippen LogP) is 5.88. The van der Waals surface area contributed by atoms with Crippen molar-refractivity contribution in [3.63, 3.8) is 0 Å². The van der Waals surface area contributed by atoms with Crippen molar-refractivity contribution in [3.8, 4) is 17.2 Å². The molecule has 0 radical (unpaired) electrons. The number of aliphatic hydroxyl groups excluding tert-OH is 2. The number of carbonyl (C=O) groups excluding carboxylic acids is 3. The highest BCUT2D eigenvalue weighted by Crippen LogP contribution is 2.51. The second-order valence-electron chi connectivity index (χ2n) is 21.7. The lowest BCUT2D eigenvalue weighted by Gasteiger charge is -2.40. The molecule has 2 aromatic carbocycles. The number of nitrogens with zero attached hydrogens (tertiary/aromatic N) is 5. The summed E-state index contributed by atoms with van der Waals surface area (Å²) in [4.78, 5) is 59.3. The molecule has 7 aliphatic rings. The van der Waals surface area contributed by atoms with Gasteiger partial charge in [0, 0.05) is 106 Å². The number of rotatable bonds is 5. The highest BCUT2D eigenvalue weighted by Gasteiger charge is 2.51. The van der Waals surface area contributed by atoms with Gasteiger partial charge in [-0.3, -0.25) is 14.6 Å². The van der Waals surface area contributed by atoms with E-state index in [1.54, 1.807) is 56.9 Å². The number of ether oxygens (including phenoxy) is 4. The number of fused-ring (bicyclic) bond motifs is 13. The summed E-state index contributed by atoms with van der Waals surface area (Å²) in [6, 6.07) is 0.423. The molecule has 9 rings (SSSR count). The number of aliphatic hydroxyl groups is 2. The van der Waals surface area contributed by atoms with Gasteiger partial charge in [0.25, 0.3) is 11.7 Å². The molecule has 2 amide bonds. The summed E-state index contributed by atoms with van der Waals surface area (Å²) in [5.41, 5.74) is -0.0975. The number of carbonyl (C=O) groups is 3. The van der Waals surface area contributed by atoms with E-state index in [1.165, 1.54) is 33.1 Å². The summed E-state index contributed by atoms with van der Waals surface area (Å²) < 4.78 is 25.0. The van der Waals surface area contributed by atoms with E-state index in [9.17, 15) is 34.8 Å². The zero-order chi connectivity index (χ0) is 51.3. The van der Waals surface area contributed by atoms with Gasteiger partial charge in [0.1, 0.15) is 34.0 Å². The Bertz CT molecular complexity index is 2590. The Morgan fingerprint density at radius 2 is 1.58 bits per heavy atom. The number of amides is 2. The Morgan fingerprint density at radius 1 is 0.901 bits per heavy atom. The monoisotopic (exact) mass is 985 g/mol. The normalized spacial score (nSPS) is 32.7. The number of piperidine rings is 2. The van der Waals surface area contributed by atoms with Gasteiger partial charge in [-0.25, -0.2) is 9.79 Å². The number of ketones is 1. The third-order valence-corrected chi connectivity index (χ3v) is 16.2. The maximum absolute atomic E-state index is 15.0. The van der Waals surface area contributed by atoms with E-state index in [0.717, 1.165) is 45.6 Å². The van der Waals surface area contributed by atoms with Crippen LogP contribution in [-0.4, -0.2) is 148 Å². The van der Waals surface area contributed by atoms with Crippen molar-refractivity contribution in [1.82, 2.24) is 14.7 Å². The Hall–Kier alpha value is -5.07. The maximum atomic E-state index is 15.0. The Labute approximate surface area is 417 Å². The Morgan fingerprint density at radius 3 is 2.23 bits per heavy atom. The lowest BCUT2D eigenvalue weighted by atomic mass is 9.78. The smallest absolute Gasteiger partial charge is 0.410 e. The van der Waals surface area contributed by atoms with E-state index in [0.29, 0.717) is 43.6 Å². The minimum absolute atomic E-state index is 0.0598. The molecule has 0 aliphatic carbocycles. The number of anilines is 1. The summed E-state index contributed by atoms with van der Waals surface area (Å²) >= 11 is 0. The maximum Gasteiger partial charge on any atom is 0.410 e.